The molecule has 7 heteroatoms. The van der Waals surface area contributed by atoms with E-state index in [1.165, 1.54) is 11.1 Å². The molecule has 0 saturated heterocycles. The Hall–Kier alpha value is -3.03. The number of hydrogen-bond acceptors (Lipinski definition) is 3. The van der Waals surface area contributed by atoms with Gasteiger partial charge in [0.15, 0.2) is 5.69 Å². The molecular weight excluding hydrogens is 496 g/mol. The summed E-state index contributed by atoms with van der Waals surface area (Å²) in [5, 5.41) is 23.9. The van der Waals surface area contributed by atoms with Crippen molar-refractivity contribution in [3.05, 3.63) is 86.9 Å². The molecule has 0 fully saturated rings. The number of aromatic hydroxyl groups is 1. The molecule has 0 aliphatic rings. The highest BCUT2D eigenvalue weighted by Gasteiger charge is 2.18. The third-order valence-corrected chi connectivity index (χ3v) is 6.22. The third kappa shape index (κ3) is 4.99. The largest absolute Gasteiger partial charge is 0.493 e. The molecule has 0 bridgehead atoms. The molecule has 33 heavy (non-hydrogen) atoms. The number of aromatic nitrogens is 1. The van der Waals surface area contributed by atoms with Crippen LogP contribution in [0.4, 0.5) is 11.4 Å². The van der Waals surface area contributed by atoms with Crippen LogP contribution in [-0.4, -0.2) is 14.8 Å². The predicted molar refractivity (Wildman–Crippen MR) is 143 cm³/mol. The smallest absolute Gasteiger partial charge is 0.221 e. The van der Waals surface area contributed by atoms with Crippen LogP contribution in [0.3, 0.4) is 0 Å². The van der Waals surface area contributed by atoms with E-state index in [2.05, 4.69) is 69.6 Å². The van der Waals surface area contributed by atoms with Crippen molar-refractivity contribution in [3.63, 3.8) is 0 Å². The standard InChI is InChI=1S/C26H25BrN4OS/c1-15-6-5-7-19(12-15)14-31-22-9-8-20(27)13-21(22)24(25(31)32)29-30-26(33)28-23-17(3)10-16(2)11-18(23)4/h5-13,32H,14H2,1-4H3,(H,28,33). The summed E-state index contributed by atoms with van der Waals surface area (Å²) in [6, 6.07) is 18.3. The summed E-state index contributed by atoms with van der Waals surface area (Å²) >= 11 is 8.96. The van der Waals surface area contributed by atoms with Gasteiger partial charge in [0.05, 0.1) is 12.1 Å². The van der Waals surface area contributed by atoms with Gasteiger partial charge < -0.3 is 15.0 Å². The molecule has 5 nitrogen and oxygen atoms in total. The first-order valence-electron chi connectivity index (χ1n) is 10.6. The Morgan fingerprint density at radius 1 is 1.00 bits per heavy atom. The van der Waals surface area contributed by atoms with E-state index >= 15 is 0 Å². The van der Waals surface area contributed by atoms with Crippen molar-refractivity contribution in [2.24, 2.45) is 10.2 Å². The molecular formula is C26H25BrN4OS. The SMILES string of the molecule is Cc1cccc(Cn2c(O)c(N=NC(=S)Nc3c(C)cc(C)cc3C)c3cc(Br)ccc32)c1. The quantitative estimate of drug-likeness (QED) is 0.212. The molecule has 1 heterocycles. The normalized spacial score (nSPS) is 11.4. The lowest BCUT2D eigenvalue weighted by Gasteiger charge is -2.12. The van der Waals surface area contributed by atoms with Gasteiger partial charge in [-0.1, -0.05) is 63.5 Å². The first kappa shape index (κ1) is 23.1. The van der Waals surface area contributed by atoms with Crippen LogP contribution >= 0.6 is 28.1 Å². The number of rotatable bonds is 4. The van der Waals surface area contributed by atoms with Crippen molar-refractivity contribution >= 4 is 55.5 Å². The Labute approximate surface area is 207 Å². The summed E-state index contributed by atoms with van der Waals surface area (Å²) in [6.07, 6.45) is 0. The highest BCUT2D eigenvalue weighted by atomic mass is 79.9. The number of fused-ring (bicyclic) bond motifs is 1. The van der Waals surface area contributed by atoms with E-state index in [-0.39, 0.29) is 11.0 Å². The van der Waals surface area contributed by atoms with Crippen LogP contribution in [0.5, 0.6) is 5.88 Å². The number of nitrogens with one attached hydrogen (secondary N) is 1. The average Bonchev–Trinajstić information content (AvgIpc) is 2.99. The zero-order valence-corrected chi connectivity index (χ0v) is 21.4. The minimum Gasteiger partial charge on any atom is -0.493 e. The van der Waals surface area contributed by atoms with E-state index in [1.807, 2.05) is 48.7 Å². The molecule has 4 aromatic rings. The molecule has 168 valence electrons. The Kier molecular flexibility index (Phi) is 6.63. The van der Waals surface area contributed by atoms with Gasteiger partial charge in [-0.05, 0) is 74.8 Å². The van der Waals surface area contributed by atoms with Crippen LogP contribution in [0.1, 0.15) is 27.8 Å². The van der Waals surface area contributed by atoms with Gasteiger partial charge in [0.25, 0.3) is 0 Å². The molecule has 0 saturated carbocycles. The van der Waals surface area contributed by atoms with Crippen molar-refractivity contribution in [3.8, 4) is 5.88 Å². The number of thiocarbonyl (C=S) groups is 1. The monoisotopic (exact) mass is 520 g/mol. The maximum absolute atomic E-state index is 11.1. The summed E-state index contributed by atoms with van der Waals surface area (Å²) in [5.74, 6) is 0.0545. The van der Waals surface area contributed by atoms with Gasteiger partial charge in [-0.15, -0.1) is 10.2 Å². The number of benzene rings is 3. The van der Waals surface area contributed by atoms with Gasteiger partial charge in [-0.25, -0.2) is 0 Å². The zero-order valence-electron chi connectivity index (χ0n) is 19.0. The molecule has 0 unspecified atom stereocenters. The van der Waals surface area contributed by atoms with Crippen LogP contribution in [-0.2, 0) is 6.54 Å². The zero-order chi connectivity index (χ0) is 23.7. The number of anilines is 1. The molecule has 1 aromatic heterocycles. The van der Waals surface area contributed by atoms with E-state index < -0.39 is 0 Å². The lowest BCUT2D eigenvalue weighted by molar-refractivity contribution is 0.429. The van der Waals surface area contributed by atoms with Crippen LogP contribution < -0.4 is 5.32 Å². The second kappa shape index (κ2) is 9.45. The fourth-order valence-electron chi connectivity index (χ4n) is 4.15. The Balaban J connectivity index is 1.69. The number of nitrogens with zero attached hydrogens (tertiary/aromatic N) is 3. The molecule has 0 atom stereocenters. The lowest BCUT2D eigenvalue weighted by Crippen LogP contribution is -2.08. The van der Waals surface area contributed by atoms with Gasteiger partial charge in [-0.3, -0.25) is 0 Å². The van der Waals surface area contributed by atoms with Gasteiger partial charge in [-0.2, -0.15) is 0 Å². The predicted octanol–water partition coefficient (Wildman–Crippen LogP) is 7.87. The Morgan fingerprint density at radius 3 is 2.42 bits per heavy atom. The summed E-state index contributed by atoms with van der Waals surface area (Å²) < 4.78 is 2.74. The molecule has 0 aliphatic heterocycles. The fraction of sp³-hybridized carbons (Fsp3) is 0.192. The van der Waals surface area contributed by atoms with E-state index in [1.54, 1.807) is 0 Å². The molecule has 0 radical (unpaired) electrons. The second-order valence-corrected chi connectivity index (χ2v) is 9.62. The first-order chi connectivity index (χ1) is 15.7. The lowest BCUT2D eigenvalue weighted by atomic mass is 10.1. The average molecular weight is 521 g/mol. The highest BCUT2D eigenvalue weighted by molar-refractivity contribution is 9.10. The number of halogens is 1. The van der Waals surface area contributed by atoms with Gasteiger partial charge >= 0.3 is 0 Å². The second-order valence-electron chi connectivity index (χ2n) is 8.31. The number of aryl methyl sites for hydroxylation is 4. The summed E-state index contributed by atoms with van der Waals surface area (Å²) in [7, 11) is 0. The molecule has 3 aromatic carbocycles. The summed E-state index contributed by atoms with van der Waals surface area (Å²) in [6.45, 7) is 8.70. The van der Waals surface area contributed by atoms with Crippen LogP contribution in [0, 0.1) is 27.7 Å². The summed E-state index contributed by atoms with van der Waals surface area (Å²) in [5.41, 5.74) is 7.83. The van der Waals surface area contributed by atoms with Crippen molar-refractivity contribution in [2.75, 3.05) is 5.32 Å². The molecule has 0 amide bonds. The molecule has 4 rings (SSSR count). The molecule has 0 spiro atoms. The fourth-order valence-corrected chi connectivity index (χ4v) is 4.66. The van der Waals surface area contributed by atoms with E-state index in [9.17, 15) is 5.11 Å². The van der Waals surface area contributed by atoms with Gasteiger partial charge in [0, 0.05) is 15.5 Å². The Morgan fingerprint density at radius 2 is 1.73 bits per heavy atom. The number of azo groups is 1. The van der Waals surface area contributed by atoms with Crippen molar-refractivity contribution in [1.82, 2.24) is 4.57 Å². The van der Waals surface area contributed by atoms with E-state index in [0.29, 0.717) is 12.2 Å². The minimum absolute atomic E-state index is 0.0545. The third-order valence-electron chi connectivity index (χ3n) is 5.54. The van der Waals surface area contributed by atoms with E-state index in [0.717, 1.165) is 37.8 Å². The van der Waals surface area contributed by atoms with Crippen molar-refractivity contribution < 1.29 is 5.11 Å². The Bertz CT molecular complexity index is 1380. The van der Waals surface area contributed by atoms with Crippen LogP contribution in [0.2, 0.25) is 0 Å². The maximum atomic E-state index is 11.1. The first-order valence-corrected chi connectivity index (χ1v) is 11.8. The highest BCUT2D eigenvalue weighted by Crippen LogP contribution is 2.40. The minimum atomic E-state index is 0.0545. The van der Waals surface area contributed by atoms with E-state index in [4.69, 9.17) is 12.2 Å². The summed E-state index contributed by atoms with van der Waals surface area (Å²) in [4.78, 5) is 0. The topological polar surface area (TPSA) is 61.9 Å². The maximum Gasteiger partial charge on any atom is 0.221 e. The van der Waals surface area contributed by atoms with Crippen LogP contribution in [0.15, 0.2) is 69.3 Å². The number of hydrogen-bond donors (Lipinski definition) is 2. The molecule has 0 aliphatic carbocycles. The van der Waals surface area contributed by atoms with Gasteiger partial charge in [0.2, 0.25) is 11.0 Å². The van der Waals surface area contributed by atoms with Gasteiger partial charge in [0.1, 0.15) is 0 Å². The van der Waals surface area contributed by atoms with Crippen LogP contribution in [0.25, 0.3) is 10.9 Å². The van der Waals surface area contributed by atoms with Crippen molar-refractivity contribution in [2.45, 2.75) is 34.2 Å². The van der Waals surface area contributed by atoms with Crippen molar-refractivity contribution in [1.29, 1.82) is 0 Å². The molecule has 2 N–H and O–H groups in total.